The normalized spacial score (nSPS) is 21.8. The number of allylic oxidation sites excluding steroid dienone is 1. The SMILES string of the molecule is COc1cc(OC)c2c(c1Cl)O[C@@]1(C(=O)C=C(Nc3ccc(CCO)cc3)C[C@H]1C)C2=O. The lowest BCUT2D eigenvalue weighted by Gasteiger charge is -2.35. The van der Waals surface area contributed by atoms with Crippen LogP contribution in [0.1, 0.15) is 29.3 Å². The van der Waals surface area contributed by atoms with Crippen LogP contribution in [-0.2, 0) is 11.2 Å². The molecule has 1 aliphatic carbocycles. The fourth-order valence-electron chi connectivity index (χ4n) is 4.29. The number of carbonyl (C=O) groups excluding carboxylic acids is 2. The van der Waals surface area contributed by atoms with Crippen LogP contribution in [0.3, 0.4) is 0 Å². The minimum Gasteiger partial charge on any atom is -0.496 e. The second kappa shape index (κ2) is 8.48. The quantitative estimate of drug-likeness (QED) is 0.637. The van der Waals surface area contributed by atoms with Gasteiger partial charge >= 0.3 is 0 Å². The zero-order valence-corrected chi connectivity index (χ0v) is 18.8. The van der Waals surface area contributed by atoms with Crippen molar-refractivity contribution in [3.05, 3.63) is 58.3 Å². The third kappa shape index (κ3) is 3.42. The van der Waals surface area contributed by atoms with Crippen LogP contribution >= 0.6 is 11.6 Å². The summed E-state index contributed by atoms with van der Waals surface area (Å²) in [7, 11) is 2.88. The van der Waals surface area contributed by atoms with Crippen LogP contribution in [0.4, 0.5) is 5.69 Å². The van der Waals surface area contributed by atoms with Crippen LogP contribution < -0.4 is 19.5 Å². The van der Waals surface area contributed by atoms with E-state index in [1.165, 1.54) is 26.4 Å². The average Bonchev–Trinajstić information content (AvgIpc) is 3.09. The minimum atomic E-state index is -1.69. The molecule has 1 spiro atoms. The van der Waals surface area contributed by atoms with Crippen LogP contribution in [0.25, 0.3) is 0 Å². The number of hydrogen-bond donors (Lipinski definition) is 2. The van der Waals surface area contributed by atoms with Crippen molar-refractivity contribution in [2.45, 2.75) is 25.4 Å². The molecular weight excluding hydrogens is 434 g/mol. The largest absolute Gasteiger partial charge is 0.496 e. The van der Waals surface area contributed by atoms with Gasteiger partial charge in [0, 0.05) is 36.1 Å². The molecule has 8 heteroatoms. The number of methoxy groups -OCH3 is 2. The van der Waals surface area contributed by atoms with E-state index in [1.54, 1.807) is 6.92 Å². The molecular formula is C24H24ClNO6. The van der Waals surface area contributed by atoms with E-state index in [-0.39, 0.29) is 28.7 Å². The van der Waals surface area contributed by atoms with E-state index >= 15 is 0 Å². The number of aliphatic hydroxyl groups is 1. The predicted octanol–water partition coefficient (Wildman–Crippen LogP) is 3.81. The first-order valence-corrected chi connectivity index (χ1v) is 10.6. The van der Waals surface area contributed by atoms with Gasteiger partial charge < -0.3 is 24.6 Å². The van der Waals surface area contributed by atoms with Crippen molar-refractivity contribution < 1.29 is 28.9 Å². The second-order valence-electron chi connectivity index (χ2n) is 7.90. The number of carbonyl (C=O) groups is 2. The van der Waals surface area contributed by atoms with Gasteiger partial charge in [0.1, 0.15) is 22.1 Å². The fraction of sp³-hybridized carbons (Fsp3) is 0.333. The molecule has 0 saturated carbocycles. The lowest BCUT2D eigenvalue weighted by molar-refractivity contribution is -0.129. The summed E-state index contributed by atoms with van der Waals surface area (Å²) >= 11 is 6.41. The molecule has 0 unspecified atom stereocenters. The first kappa shape index (κ1) is 22.2. The Kier molecular flexibility index (Phi) is 5.88. The van der Waals surface area contributed by atoms with Gasteiger partial charge in [-0.05, 0) is 30.5 Å². The molecule has 0 fully saturated rings. The number of nitrogens with one attached hydrogen (secondary N) is 1. The molecule has 32 heavy (non-hydrogen) atoms. The molecule has 0 amide bonds. The number of hydrogen-bond acceptors (Lipinski definition) is 7. The van der Waals surface area contributed by atoms with Crippen molar-refractivity contribution in [1.82, 2.24) is 0 Å². The molecule has 2 atom stereocenters. The topological polar surface area (TPSA) is 94.1 Å². The van der Waals surface area contributed by atoms with Crippen LogP contribution in [0, 0.1) is 5.92 Å². The van der Waals surface area contributed by atoms with E-state index in [4.69, 9.17) is 30.9 Å². The summed E-state index contributed by atoms with van der Waals surface area (Å²) in [4.78, 5) is 26.8. The van der Waals surface area contributed by atoms with E-state index < -0.39 is 23.1 Å². The van der Waals surface area contributed by atoms with Crippen molar-refractivity contribution in [3.63, 3.8) is 0 Å². The third-order valence-electron chi connectivity index (χ3n) is 5.97. The van der Waals surface area contributed by atoms with Crippen molar-refractivity contribution in [2.75, 3.05) is 26.1 Å². The molecule has 1 aliphatic heterocycles. The van der Waals surface area contributed by atoms with Crippen molar-refractivity contribution in [1.29, 1.82) is 0 Å². The van der Waals surface area contributed by atoms with E-state index in [0.717, 1.165) is 11.3 Å². The number of anilines is 1. The summed E-state index contributed by atoms with van der Waals surface area (Å²) in [6.07, 6.45) is 2.42. The van der Waals surface area contributed by atoms with E-state index in [2.05, 4.69) is 5.32 Å². The highest BCUT2D eigenvalue weighted by molar-refractivity contribution is 6.36. The molecule has 4 rings (SSSR count). The van der Waals surface area contributed by atoms with E-state index in [1.807, 2.05) is 24.3 Å². The number of ether oxygens (including phenoxy) is 3. The van der Waals surface area contributed by atoms with Crippen LogP contribution in [0.5, 0.6) is 17.2 Å². The number of Topliss-reactive ketones (excluding diaryl/α,β-unsaturated/α-hetero) is 1. The Morgan fingerprint density at radius 1 is 1.19 bits per heavy atom. The molecule has 2 N–H and O–H groups in total. The second-order valence-corrected chi connectivity index (χ2v) is 8.28. The first-order chi connectivity index (χ1) is 15.3. The van der Waals surface area contributed by atoms with Crippen LogP contribution in [0.2, 0.25) is 5.02 Å². The Labute approximate surface area is 190 Å². The number of ketones is 2. The fourth-order valence-corrected chi connectivity index (χ4v) is 4.55. The summed E-state index contributed by atoms with van der Waals surface area (Å²) in [5.74, 6) is -0.714. The van der Waals surface area contributed by atoms with Gasteiger partial charge in [0.25, 0.3) is 0 Å². The molecule has 2 aromatic carbocycles. The third-order valence-corrected chi connectivity index (χ3v) is 6.33. The summed E-state index contributed by atoms with van der Waals surface area (Å²) in [5.41, 5.74) is 0.976. The maximum atomic E-state index is 13.5. The standard InChI is InChI=1S/C24H24ClNO6/c1-13-10-16(26-15-6-4-14(5-7-15)8-9-27)11-19(28)24(13)23(29)20-17(30-2)12-18(31-3)21(25)22(20)32-24/h4-7,11-13,26-27H,8-10H2,1-3H3/t13-,24+/m1/s1. The zero-order chi connectivity index (χ0) is 23.0. The summed E-state index contributed by atoms with van der Waals surface area (Å²) in [6, 6.07) is 9.11. The Hall–Kier alpha value is -3.03. The van der Waals surface area contributed by atoms with E-state index in [0.29, 0.717) is 24.3 Å². The molecule has 1 heterocycles. The Balaban J connectivity index is 1.65. The Bertz CT molecular complexity index is 1110. The first-order valence-electron chi connectivity index (χ1n) is 10.3. The van der Waals surface area contributed by atoms with Gasteiger partial charge in [-0.25, -0.2) is 0 Å². The van der Waals surface area contributed by atoms with Crippen molar-refractivity contribution in [3.8, 4) is 17.2 Å². The molecule has 2 aromatic rings. The van der Waals surface area contributed by atoms with Gasteiger partial charge in [-0.15, -0.1) is 0 Å². The van der Waals surface area contributed by atoms with Gasteiger partial charge in [-0.2, -0.15) is 0 Å². The van der Waals surface area contributed by atoms with Crippen molar-refractivity contribution >= 4 is 28.9 Å². The number of aliphatic hydroxyl groups excluding tert-OH is 1. The summed E-state index contributed by atoms with van der Waals surface area (Å²) in [6.45, 7) is 1.89. The number of rotatable bonds is 6. The Morgan fingerprint density at radius 3 is 2.47 bits per heavy atom. The molecule has 7 nitrogen and oxygen atoms in total. The minimum absolute atomic E-state index is 0.0864. The van der Waals surface area contributed by atoms with Crippen LogP contribution in [-0.4, -0.2) is 43.1 Å². The molecule has 0 radical (unpaired) electrons. The lowest BCUT2D eigenvalue weighted by atomic mass is 9.74. The highest BCUT2D eigenvalue weighted by atomic mass is 35.5. The van der Waals surface area contributed by atoms with Crippen LogP contribution in [0.15, 0.2) is 42.1 Å². The summed E-state index contributed by atoms with van der Waals surface area (Å²) < 4.78 is 16.7. The maximum Gasteiger partial charge on any atom is 0.236 e. The van der Waals surface area contributed by atoms with Gasteiger partial charge in [0.05, 0.1) is 14.2 Å². The molecule has 0 aromatic heterocycles. The number of fused-ring (bicyclic) bond motifs is 1. The number of benzene rings is 2. The molecule has 0 saturated heterocycles. The maximum absolute atomic E-state index is 13.5. The van der Waals surface area contributed by atoms with Gasteiger partial charge in [0.15, 0.2) is 5.75 Å². The molecule has 168 valence electrons. The summed E-state index contributed by atoms with van der Waals surface area (Å²) in [5, 5.41) is 12.4. The highest BCUT2D eigenvalue weighted by Gasteiger charge is 2.60. The average molecular weight is 458 g/mol. The highest BCUT2D eigenvalue weighted by Crippen LogP contribution is 2.53. The van der Waals surface area contributed by atoms with E-state index in [9.17, 15) is 9.59 Å². The smallest absolute Gasteiger partial charge is 0.236 e. The van der Waals surface area contributed by atoms with Crippen molar-refractivity contribution in [2.24, 2.45) is 5.92 Å². The lowest BCUT2D eigenvalue weighted by Crippen LogP contribution is -2.55. The number of halogens is 1. The van der Waals surface area contributed by atoms with Gasteiger partial charge in [-0.1, -0.05) is 30.7 Å². The zero-order valence-electron chi connectivity index (χ0n) is 18.0. The molecule has 2 aliphatic rings. The monoisotopic (exact) mass is 457 g/mol. The Morgan fingerprint density at radius 2 is 1.88 bits per heavy atom. The molecule has 0 bridgehead atoms. The van der Waals surface area contributed by atoms with Gasteiger partial charge in [0.2, 0.25) is 17.2 Å². The predicted molar refractivity (Wildman–Crippen MR) is 120 cm³/mol. The van der Waals surface area contributed by atoms with Gasteiger partial charge in [-0.3, -0.25) is 9.59 Å².